The Morgan fingerprint density at radius 1 is 0.452 bits per heavy atom. The first-order valence-corrected chi connectivity index (χ1v) is 18.5. The Kier molecular flexibility index (Phi) is 31.6. The number of allylic oxidation sites excluding steroid dienone is 2. The van der Waals surface area contributed by atoms with E-state index in [4.69, 9.17) is 9.47 Å². The van der Waals surface area contributed by atoms with Gasteiger partial charge in [-0.2, -0.15) is 0 Å². The van der Waals surface area contributed by atoms with E-state index in [2.05, 4.69) is 39.8 Å². The molecular weight excluding hydrogens is 520 g/mol. The first kappa shape index (κ1) is 40.7. The Morgan fingerprint density at radius 3 is 1.21 bits per heavy atom. The van der Waals surface area contributed by atoms with Crippen molar-refractivity contribution in [3.05, 3.63) is 12.2 Å². The summed E-state index contributed by atoms with van der Waals surface area (Å²) >= 11 is 0. The molecule has 4 nitrogen and oxygen atoms in total. The fourth-order valence-corrected chi connectivity index (χ4v) is 5.73. The summed E-state index contributed by atoms with van der Waals surface area (Å²) in [5.74, 6) is 1.10. The molecule has 248 valence electrons. The molecule has 0 bridgehead atoms. The van der Waals surface area contributed by atoms with E-state index in [1.807, 2.05) is 0 Å². The highest BCUT2D eigenvalue weighted by Crippen LogP contribution is 2.18. The molecule has 2 atom stereocenters. The topological polar surface area (TPSA) is 52.6 Å². The van der Waals surface area contributed by atoms with Gasteiger partial charge in [-0.1, -0.05) is 130 Å². The maximum Gasteiger partial charge on any atom is 0.305 e. The Balaban J connectivity index is 3.55. The first-order valence-electron chi connectivity index (χ1n) is 18.5. The Bertz CT molecular complexity index is 562. The average Bonchev–Trinajstić information content (AvgIpc) is 2.98. The van der Waals surface area contributed by atoms with Gasteiger partial charge in [-0.25, -0.2) is 0 Å². The predicted molar refractivity (Wildman–Crippen MR) is 181 cm³/mol. The van der Waals surface area contributed by atoms with E-state index in [-0.39, 0.29) is 11.9 Å². The fraction of sp³-hybridized carbons (Fsp3) is 0.895. The molecule has 0 aromatic carbocycles. The zero-order chi connectivity index (χ0) is 30.9. The van der Waals surface area contributed by atoms with Gasteiger partial charge in [0.05, 0.1) is 13.2 Å². The van der Waals surface area contributed by atoms with Gasteiger partial charge in [0.25, 0.3) is 0 Å². The molecule has 4 heteroatoms. The predicted octanol–water partition coefficient (Wildman–Crippen LogP) is 12.1. The van der Waals surface area contributed by atoms with Crippen molar-refractivity contribution in [1.82, 2.24) is 0 Å². The van der Waals surface area contributed by atoms with E-state index in [9.17, 15) is 9.59 Å². The lowest BCUT2D eigenvalue weighted by molar-refractivity contribution is -0.146. The third-order valence-corrected chi connectivity index (χ3v) is 8.46. The highest BCUT2D eigenvalue weighted by atomic mass is 16.5. The van der Waals surface area contributed by atoms with Gasteiger partial charge in [0.1, 0.15) is 0 Å². The fourth-order valence-electron chi connectivity index (χ4n) is 5.73. The lowest BCUT2D eigenvalue weighted by Gasteiger charge is -2.16. The molecule has 0 amide bonds. The highest BCUT2D eigenvalue weighted by Gasteiger charge is 2.12. The molecule has 0 aromatic heterocycles. The van der Waals surface area contributed by atoms with Gasteiger partial charge >= 0.3 is 11.9 Å². The van der Waals surface area contributed by atoms with Gasteiger partial charge < -0.3 is 9.47 Å². The van der Waals surface area contributed by atoms with Crippen molar-refractivity contribution < 1.29 is 19.1 Å². The van der Waals surface area contributed by atoms with Crippen LogP contribution in [0.5, 0.6) is 0 Å². The number of carbonyl (C=O) groups excluding carboxylic acids is 2. The minimum Gasteiger partial charge on any atom is -0.465 e. The molecule has 0 rings (SSSR count). The molecule has 0 heterocycles. The molecule has 0 spiro atoms. The normalized spacial score (nSPS) is 13.0. The van der Waals surface area contributed by atoms with Crippen molar-refractivity contribution in [2.75, 3.05) is 13.2 Å². The van der Waals surface area contributed by atoms with Crippen LogP contribution in [-0.4, -0.2) is 25.2 Å². The molecule has 0 N–H and O–H groups in total. The van der Waals surface area contributed by atoms with Crippen LogP contribution in [-0.2, 0) is 19.1 Å². The third kappa shape index (κ3) is 28.8. The summed E-state index contributed by atoms with van der Waals surface area (Å²) in [6.07, 6.45) is 34.4. The zero-order valence-corrected chi connectivity index (χ0v) is 28.7. The number of hydrogen-bond acceptors (Lipinski definition) is 4. The Morgan fingerprint density at radius 2 is 0.833 bits per heavy atom. The first-order chi connectivity index (χ1) is 20.6. The van der Waals surface area contributed by atoms with E-state index >= 15 is 0 Å². The molecular formula is C38H72O4. The molecule has 2 unspecified atom stereocenters. The van der Waals surface area contributed by atoms with Crippen LogP contribution >= 0.6 is 0 Å². The van der Waals surface area contributed by atoms with Gasteiger partial charge in [0, 0.05) is 12.8 Å². The summed E-state index contributed by atoms with van der Waals surface area (Å²) in [4.78, 5) is 24.2. The van der Waals surface area contributed by atoms with Crippen molar-refractivity contribution in [2.45, 2.75) is 195 Å². The molecule has 0 aromatic rings. The number of rotatable bonds is 32. The molecule has 0 aliphatic rings. The lowest BCUT2D eigenvalue weighted by atomic mass is 9.97. The number of unbranched alkanes of at least 4 members (excludes halogenated alkanes) is 14. The van der Waals surface area contributed by atoms with Gasteiger partial charge in [-0.05, 0) is 76.0 Å². The van der Waals surface area contributed by atoms with E-state index < -0.39 is 0 Å². The van der Waals surface area contributed by atoms with E-state index in [1.54, 1.807) is 0 Å². The monoisotopic (exact) mass is 593 g/mol. The van der Waals surface area contributed by atoms with E-state index in [0.29, 0.717) is 37.9 Å². The van der Waals surface area contributed by atoms with Crippen molar-refractivity contribution in [1.29, 1.82) is 0 Å². The summed E-state index contributed by atoms with van der Waals surface area (Å²) < 4.78 is 11.2. The molecule has 0 radical (unpaired) electrons. The van der Waals surface area contributed by atoms with E-state index in [0.717, 1.165) is 25.7 Å². The number of hydrogen-bond donors (Lipinski definition) is 0. The number of esters is 2. The van der Waals surface area contributed by atoms with Crippen molar-refractivity contribution in [2.24, 2.45) is 11.8 Å². The summed E-state index contributed by atoms with van der Waals surface area (Å²) in [7, 11) is 0. The second kappa shape index (κ2) is 32.6. The maximum atomic E-state index is 12.1. The molecule has 0 saturated heterocycles. The van der Waals surface area contributed by atoms with Crippen LogP contribution in [0.4, 0.5) is 0 Å². The van der Waals surface area contributed by atoms with Crippen LogP contribution in [0.1, 0.15) is 195 Å². The number of ether oxygens (including phenoxy) is 2. The third-order valence-electron chi connectivity index (χ3n) is 8.46. The quantitative estimate of drug-likeness (QED) is 0.0443. The minimum absolute atomic E-state index is 0.000950. The van der Waals surface area contributed by atoms with Gasteiger partial charge in [-0.3, -0.25) is 9.59 Å². The van der Waals surface area contributed by atoms with Crippen LogP contribution in [0.2, 0.25) is 0 Å². The summed E-state index contributed by atoms with van der Waals surface area (Å²) in [6.45, 7) is 10.2. The summed E-state index contributed by atoms with van der Waals surface area (Å²) in [5.41, 5.74) is 0. The highest BCUT2D eigenvalue weighted by molar-refractivity contribution is 5.69. The maximum absolute atomic E-state index is 12.1. The Hall–Kier alpha value is -1.32. The molecule has 0 fully saturated rings. The van der Waals surface area contributed by atoms with Crippen molar-refractivity contribution >= 4 is 11.9 Å². The van der Waals surface area contributed by atoms with Gasteiger partial charge in [-0.15, -0.1) is 0 Å². The summed E-state index contributed by atoms with van der Waals surface area (Å²) in [6, 6.07) is 0. The van der Waals surface area contributed by atoms with Crippen molar-refractivity contribution in [3.63, 3.8) is 0 Å². The number of carbonyl (C=O) groups is 2. The molecule has 0 aliphatic heterocycles. The van der Waals surface area contributed by atoms with Crippen LogP contribution in [0.25, 0.3) is 0 Å². The minimum atomic E-state index is 0.000950. The zero-order valence-electron chi connectivity index (χ0n) is 28.7. The average molecular weight is 593 g/mol. The van der Waals surface area contributed by atoms with Crippen LogP contribution in [0, 0.1) is 11.8 Å². The van der Waals surface area contributed by atoms with Gasteiger partial charge in [0.2, 0.25) is 0 Å². The summed E-state index contributed by atoms with van der Waals surface area (Å²) in [5, 5.41) is 0. The van der Waals surface area contributed by atoms with E-state index in [1.165, 1.54) is 128 Å². The largest absolute Gasteiger partial charge is 0.465 e. The molecule has 42 heavy (non-hydrogen) atoms. The van der Waals surface area contributed by atoms with Gasteiger partial charge in [0.15, 0.2) is 0 Å². The van der Waals surface area contributed by atoms with Crippen LogP contribution < -0.4 is 0 Å². The standard InChI is InChI=1S/C38H72O4/c1-5-9-23-29-35(27-7-3)33-41-37(39)31-25-21-19-17-15-13-11-12-14-16-18-20-22-26-32-38(40)42-34-36(28-8-4)30-24-10-6-2/h11-12,35-36H,5-10,13-34H2,1-4H3. The SMILES string of the molecule is CCCCCC(CCC)COC(=O)CCCCCCCC=CCCCCCCCC(=O)OCC(CCC)CCCCC. The van der Waals surface area contributed by atoms with Crippen LogP contribution in [0.3, 0.4) is 0 Å². The lowest BCUT2D eigenvalue weighted by Crippen LogP contribution is -2.14. The second-order valence-corrected chi connectivity index (χ2v) is 12.8. The molecule has 0 saturated carbocycles. The van der Waals surface area contributed by atoms with Crippen LogP contribution in [0.15, 0.2) is 12.2 Å². The molecule has 0 aliphatic carbocycles. The van der Waals surface area contributed by atoms with Crippen molar-refractivity contribution in [3.8, 4) is 0 Å². The second-order valence-electron chi connectivity index (χ2n) is 12.8. The Labute approximate surface area is 262 Å². The smallest absolute Gasteiger partial charge is 0.305 e.